The minimum atomic E-state index is -1.00. The maximum Gasteiger partial charge on any atom is 0.336 e. The van der Waals surface area contributed by atoms with E-state index in [2.05, 4.69) is 0 Å². The summed E-state index contributed by atoms with van der Waals surface area (Å²) >= 11 is 0. The van der Waals surface area contributed by atoms with Gasteiger partial charge in [-0.2, -0.15) is 0 Å². The molecule has 0 saturated carbocycles. The molecule has 58 heavy (non-hydrogen) atoms. The number of ether oxygens (including phenoxy) is 6. The number of carbonyl (C=O) groups is 2. The van der Waals surface area contributed by atoms with Crippen LogP contribution < -0.4 is 28.4 Å². The molecule has 0 aromatic heterocycles. The quantitative estimate of drug-likeness (QED) is 0.116. The molecule has 0 amide bonds. The average Bonchev–Trinajstić information content (AvgIpc) is 3.26. The molecule has 0 fully saturated rings. The Bertz CT molecular complexity index is 2590. The molecule has 0 unspecified atom stereocenters. The number of carboxylic acids is 2. The van der Waals surface area contributed by atoms with Crippen LogP contribution in [-0.2, 0) is 13.2 Å². The largest absolute Gasteiger partial charge is 0.493 e. The van der Waals surface area contributed by atoms with E-state index in [-0.39, 0.29) is 11.1 Å². The topological polar surface area (TPSA) is 130 Å². The van der Waals surface area contributed by atoms with Crippen LogP contribution in [0.25, 0.3) is 43.1 Å². The number of methoxy groups -OCH3 is 4. The lowest BCUT2D eigenvalue weighted by Crippen LogP contribution is -2.00. The van der Waals surface area contributed by atoms with E-state index < -0.39 is 11.9 Å². The van der Waals surface area contributed by atoms with Crippen LogP contribution >= 0.6 is 0 Å². The van der Waals surface area contributed by atoms with Crippen molar-refractivity contribution < 1.29 is 48.2 Å². The first-order valence-electron chi connectivity index (χ1n) is 18.3. The van der Waals surface area contributed by atoms with Crippen LogP contribution in [0.4, 0.5) is 0 Å². The Labute approximate surface area is 334 Å². The van der Waals surface area contributed by atoms with Crippen molar-refractivity contribution >= 4 is 55.0 Å². The highest BCUT2D eigenvalue weighted by Gasteiger charge is 2.18. The summed E-state index contributed by atoms with van der Waals surface area (Å²) in [6, 6.07) is 41.5. The van der Waals surface area contributed by atoms with Crippen molar-refractivity contribution in [3.05, 3.63) is 156 Å². The third kappa shape index (κ3) is 8.08. The lowest BCUT2D eigenvalue weighted by molar-refractivity contribution is 0.0688. The molecule has 0 saturated heterocycles. The third-order valence-corrected chi connectivity index (χ3v) is 9.81. The lowest BCUT2D eigenvalue weighted by Gasteiger charge is -2.14. The first kappa shape index (κ1) is 38.8. The first-order chi connectivity index (χ1) is 28.2. The van der Waals surface area contributed by atoms with Crippen LogP contribution in [0, 0.1) is 0 Å². The highest BCUT2D eigenvalue weighted by atomic mass is 16.5. The van der Waals surface area contributed by atoms with Gasteiger partial charge in [0.2, 0.25) is 0 Å². The van der Waals surface area contributed by atoms with E-state index in [0.717, 1.165) is 43.4 Å². The van der Waals surface area contributed by atoms with Gasteiger partial charge in [-0.25, -0.2) is 9.59 Å². The minimum Gasteiger partial charge on any atom is -0.493 e. The molecule has 292 valence electrons. The van der Waals surface area contributed by atoms with Crippen LogP contribution in [0.2, 0.25) is 0 Å². The van der Waals surface area contributed by atoms with Gasteiger partial charge in [0.25, 0.3) is 0 Å². The molecule has 0 aliphatic carbocycles. The normalized spacial score (nSPS) is 10.8. The monoisotopic (exact) mass is 776 g/mol. The van der Waals surface area contributed by atoms with E-state index in [4.69, 9.17) is 28.4 Å². The summed E-state index contributed by atoms with van der Waals surface area (Å²) < 4.78 is 33.3. The summed E-state index contributed by atoms with van der Waals surface area (Å²) in [5.41, 5.74) is 2.53. The fourth-order valence-electron chi connectivity index (χ4n) is 6.94. The van der Waals surface area contributed by atoms with Gasteiger partial charge in [0.15, 0.2) is 23.0 Å². The average molecular weight is 777 g/mol. The maximum absolute atomic E-state index is 11.9. The van der Waals surface area contributed by atoms with Crippen molar-refractivity contribution in [1.82, 2.24) is 0 Å². The van der Waals surface area contributed by atoms with Gasteiger partial charge < -0.3 is 38.6 Å². The fourth-order valence-corrected chi connectivity index (χ4v) is 6.94. The van der Waals surface area contributed by atoms with Crippen LogP contribution in [0.3, 0.4) is 0 Å². The summed E-state index contributed by atoms with van der Waals surface area (Å²) in [4.78, 5) is 23.8. The summed E-state index contributed by atoms with van der Waals surface area (Å²) in [5, 5.41) is 25.7. The molecule has 0 aliphatic heterocycles. The standard InChI is InChI=1S/2C24H20O5/c2*1-27-22-12-19-18-9-8-17(29-14-15-6-4-3-5-7-15)10-16(18)11-21(24(25)26)20(19)13-23(22)28-2/h2*3-13H,14H2,1-2H3,(H,25,26). The molecule has 2 N–H and O–H groups in total. The second kappa shape index (κ2) is 17.1. The Hall–Kier alpha value is -7.46. The number of benzene rings is 8. The molecule has 0 atom stereocenters. The number of rotatable bonds is 12. The zero-order chi connectivity index (χ0) is 40.8. The van der Waals surface area contributed by atoms with E-state index in [1.165, 1.54) is 14.2 Å². The zero-order valence-corrected chi connectivity index (χ0v) is 32.3. The molecule has 0 radical (unpaired) electrons. The van der Waals surface area contributed by atoms with Gasteiger partial charge in [0.1, 0.15) is 24.7 Å². The first-order valence-corrected chi connectivity index (χ1v) is 18.3. The highest BCUT2D eigenvalue weighted by molar-refractivity contribution is 6.17. The molecule has 10 heteroatoms. The van der Waals surface area contributed by atoms with Crippen molar-refractivity contribution in [1.29, 1.82) is 0 Å². The number of aromatic carboxylic acids is 2. The second-order valence-corrected chi connectivity index (χ2v) is 13.3. The molecule has 0 bridgehead atoms. The third-order valence-electron chi connectivity index (χ3n) is 9.81. The van der Waals surface area contributed by atoms with Crippen molar-refractivity contribution in [3.63, 3.8) is 0 Å². The van der Waals surface area contributed by atoms with Gasteiger partial charge in [0, 0.05) is 10.8 Å². The van der Waals surface area contributed by atoms with Crippen molar-refractivity contribution in [3.8, 4) is 34.5 Å². The van der Waals surface area contributed by atoms with Gasteiger partial charge in [-0.05, 0) is 104 Å². The summed E-state index contributed by atoms with van der Waals surface area (Å²) in [6.07, 6.45) is 0. The van der Waals surface area contributed by atoms with Gasteiger partial charge in [-0.15, -0.1) is 0 Å². The SMILES string of the molecule is COc1cc2c(C(=O)O)cc3cc(OCc4ccccc4)ccc3c2cc1OC.COc1cc2c(C(=O)O)cc3cc(OCc4ccccc4)ccc3c2cc1OC. The van der Waals surface area contributed by atoms with Crippen LogP contribution in [-0.4, -0.2) is 50.6 Å². The summed E-state index contributed by atoms with van der Waals surface area (Å²) in [5.74, 6) is 1.44. The Morgan fingerprint density at radius 1 is 0.414 bits per heavy atom. The van der Waals surface area contributed by atoms with E-state index in [1.54, 1.807) is 38.5 Å². The number of fused-ring (bicyclic) bond motifs is 6. The molecular weight excluding hydrogens is 737 g/mol. The Morgan fingerprint density at radius 2 is 0.759 bits per heavy atom. The van der Waals surface area contributed by atoms with Gasteiger partial charge >= 0.3 is 11.9 Å². The molecule has 0 spiro atoms. The number of hydrogen-bond donors (Lipinski definition) is 2. The summed E-state index contributed by atoms with van der Waals surface area (Å²) in [7, 11) is 6.17. The van der Waals surface area contributed by atoms with E-state index in [0.29, 0.717) is 58.5 Å². The smallest absolute Gasteiger partial charge is 0.336 e. The lowest BCUT2D eigenvalue weighted by atomic mass is 9.96. The van der Waals surface area contributed by atoms with E-state index in [1.807, 2.05) is 109 Å². The molecule has 8 aromatic rings. The van der Waals surface area contributed by atoms with Crippen molar-refractivity contribution in [2.75, 3.05) is 28.4 Å². The van der Waals surface area contributed by atoms with Crippen LogP contribution in [0.5, 0.6) is 34.5 Å². The van der Waals surface area contributed by atoms with Crippen LogP contribution in [0.1, 0.15) is 31.8 Å². The van der Waals surface area contributed by atoms with Gasteiger partial charge in [-0.1, -0.05) is 72.8 Å². The van der Waals surface area contributed by atoms with E-state index >= 15 is 0 Å². The van der Waals surface area contributed by atoms with Gasteiger partial charge in [0.05, 0.1) is 39.6 Å². The molecule has 0 aliphatic rings. The van der Waals surface area contributed by atoms with Crippen molar-refractivity contribution in [2.24, 2.45) is 0 Å². The predicted molar refractivity (Wildman–Crippen MR) is 225 cm³/mol. The number of carboxylic acid groups (broad SMARTS) is 2. The molecule has 8 rings (SSSR count). The molecule has 0 heterocycles. The molecular formula is C48H40O10. The molecule has 10 nitrogen and oxygen atoms in total. The minimum absolute atomic E-state index is 0.202. The van der Waals surface area contributed by atoms with E-state index in [9.17, 15) is 19.8 Å². The van der Waals surface area contributed by atoms with Crippen molar-refractivity contribution in [2.45, 2.75) is 13.2 Å². The Kier molecular flexibility index (Phi) is 11.5. The van der Waals surface area contributed by atoms with Gasteiger partial charge in [-0.3, -0.25) is 0 Å². The highest BCUT2D eigenvalue weighted by Crippen LogP contribution is 2.40. The van der Waals surface area contributed by atoms with Crippen LogP contribution in [0.15, 0.2) is 133 Å². The predicted octanol–water partition coefficient (Wildman–Crippen LogP) is 10.6. The zero-order valence-electron chi connectivity index (χ0n) is 32.3. The second-order valence-electron chi connectivity index (χ2n) is 13.3. The summed E-state index contributed by atoms with van der Waals surface area (Å²) in [6.45, 7) is 0.882. The Morgan fingerprint density at radius 3 is 1.09 bits per heavy atom. The maximum atomic E-state index is 11.9. The fraction of sp³-hybridized carbons (Fsp3) is 0.125. The Balaban J connectivity index is 0.000000177. The molecule has 8 aromatic carbocycles. The number of hydrogen-bond acceptors (Lipinski definition) is 8.